The first kappa shape index (κ1) is 14.9. The monoisotopic (exact) mass is 315 g/mol. The zero-order chi connectivity index (χ0) is 13.5. The molecule has 0 aromatic carbocycles. The minimum atomic E-state index is -0.978. The summed E-state index contributed by atoms with van der Waals surface area (Å²) in [6, 6.07) is 1.55. The number of likely N-dealkylation sites (N-methyl/N-ethyl adjacent to an activating group) is 1. The molecule has 0 aliphatic heterocycles. The van der Waals surface area contributed by atoms with Crippen molar-refractivity contribution in [1.82, 2.24) is 9.88 Å². The summed E-state index contributed by atoms with van der Waals surface area (Å²) in [5.74, 6) is -0.563. The minimum Gasteiger partial charge on any atom is -0.478 e. The summed E-state index contributed by atoms with van der Waals surface area (Å²) in [6.07, 6.45) is 1.59. The Morgan fingerprint density at radius 2 is 2.17 bits per heavy atom. The number of carbonyl (C=O) groups is 1. The van der Waals surface area contributed by atoms with Crippen molar-refractivity contribution in [2.24, 2.45) is 0 Å². The second-order valence-corrected chi connectivity index (χ2v) is 4.72. The molecule has 1 heterocycles. The molecule has 0 radical (unpaired) electrons. The summed E-state index contributed by atoms with van der Waals surface area (Å²) in [6.45, 7) is 7.71. The predicted octanol–water partition coefficient (Wildman–Crippen LogP) is 2.30. The molecule has 0 unspecified atom stereocenters. The van der Waals surface area contributed by atoms with Crippen LogP contribution in [0.2, 0.25) is 0 Å². The van der Waals surface area contributed by atoms with Crippen molar-refractivity contribution in [3.05, 3.63) is 22.3 Å². The van der Waals surface area contributed by atoms with E-state index in [0.717, 1.165) is 19.6 Å². The molecular weight excluding hydrogens is 298 g/mol. The minimum absolute atomic E-state index is 0.184. The zero-order valence-electron chi connectivity index (χ0n) is 10.6. The molecule has 100 valence electrons. The van der Waals surface area contributed by atoms with Gasteiger partial charge in [0.05, 0.1) is 0 Å². The van der Waals surface area contributed by atoms with E-state index in [-0.39, 0.29) is 5.56 Å². The van der Waals surface area contributed by atoms with Crippen LogP contribution in [0.3, 0.4) is 0 Å². The normalized spacial score (nSPS) is 10.7. The molecule has 1 aromatic heterocycles. The number of aromatic nitrogens is 1. The molecule has 0 atom stereocenters. The molecule has 1 rings (SSSR count). The molecule has 0 amide bonds. The molecule has 0 fully saturated rings. The van der Waals surface area contributed by atoms with Gasteiger partial charge in [0.15, 0.2) is 0 Å². The molecule has 0 bridgehead atoms. The van der Waals surface area contributed by atoms with E-state index in [9.17, 15) is 4.79 Å². The standard InChI is InChI=1S/C12H18BrN3O2/c1-3-16(4-2)6-5-14-11-10(12(17)18)7-9(13)8-15-11/h7-8H,3-6H2,1-2H3,(H,14,15)(H,17,18). The zero-order valence-corrected chi connectivity index (χ0v) is 12.2. The third-order valence-electron chi connectivity index (χ3n) is 2.70. The molecule has 0 aliphatic rings. The number of hydrogen-bond acceptors (Lipinski definition) is 4. The van der Waals surface area contributed by atoms with E-state index in [0.29, 0.717) is 16.8 Å². The lowest BCUT2D eigenvalue weighted by Gasteiger charge is -2.18. The first-order chi connectivity index (χ1) is 8.58. The molecule has 1 aromatic rings. The van der Waals surface area contributed by atoms with Gasteiger partial charge in [-0.05, 0) is 35.1 Å². The van der Waals surface area contributed by atoms with Gasteiger partial charge in [-0.15, -0.1) is 0 Å². The van der Waals surface area contributed by atoms with Crippen molar-refractivity contribution in [3.63, 3.8) is 0 Å². The number of nitrogens with zero attached hydrogens (tertiary/aromatic N) is 2. The van der Waals surface area contributed by atoms with Crippen molar-refractivity contribution in [1.29, 1.82) is 0 Å². The Kier molecular flexibility index (Phi) is 6.07. The molecule has 6 heteroatoms. The summed E-state index contributed by atoms with van der Waals surface area (Å²) in [5, 5.41) is 12.1. The van der Waals surface area contributed by atoms with Crippen LogP contribution in [0.15, 0.2) is 16.7 Å². The molecule has 0 spiro atoms. The number of rotatable bonds is 7. The smallest absolute Gasteiger partial charge is 0.339 e. The second kappa shape index (κ2) is 7.33. The highest BCUT2D eigenvalue weighted by Crippen LogP contribution is 2.17. The van der Waals surface area contributed by atoms with Gasteiger partial charge in [0.1, 0.15) is 11.4 Å². The van der Waals surface area contributed by atoms with Crippen LogP contribution in [0.4, 0.5) is 5.82 Å². The number of pyridine rings is 1. The van der Waals surface area contributed by atoms with Crippen molar-refractivity contribution < 1.29 is 9.90 Å². The van der Waals surface area contributed by atoms with E-state index >= 15 is 0 Å². The number of anilines is 1. The Morgan fingerprint density at radius 3 is 2.72 bits per heavy atom. The highest BCUT2D eigenvalue weighted by Gasteiger charge is 2.11. The first-order valence-electron chi connectivity index (χ1n) is 5.93. The lowest BCUT2D eigenvalue weighted by molar-refractivity contribution is 0.0697. The Labute approximate surface area is 115 Å². The van der Waals surface area contributed by atoms with Crippen molar-refractivity contribution >= 4 is 27.7 Å². The van der Waals surface area contributed by atoms with Crippen LogP contribution in [-0.2, 0) is 0 Å². The van der Waals surface area contributed by atoms with Crippen LogP contribution < -0.4 is 5.32 Å². The van der Waals surface area contributed by atoms with Gasteiger partial charge in [-0.2, -0.15) is 0 Å². The molecule has 0 saturated heterocycles. The highest BCUT2D eigenvalue weighted by molar-refractivity contribution is 9.10. The number of hydrogen-bond donors (Lipinski definition) is 2. The lowest BCUT2D eigenvalue weighted by Crippen LogP contribution is -2.29. The van der Waals surface area contributed by atoms with E-state index in [1.54, 1.807) is 12.3 Å². The van der Waals surface area contributed by atoms with Crippen LogP contribution >= 0.6 is 15.9 Å². The first-order valence-corrected chi connectivity index (χ1v) is 6.72. The van der Waals surface area contributed by atoms with Crippen LogP contribution in [-0.4, -0.2) is 47.1 Å². The number of carboxylic acids is 1. The van der Waals surface area contributed by atoms with Crippen LogP contribution in [0.1, 0.15) is 24.2 Å². The fourth-order valence-corrected chi connectivity index (χ4v) is 1.95. The van der Waals surface area contributed by atoms with Gasteiger partial charge >= 0.3 is 5.97 Å². The Bertz CT molecular complexity index is 408. The maximum absolute atomic E-state index is 11.1. The maximum atomic E-state index is 11.1. The average Bonchev–Trinajstić information content (AvgIpc) is 2.36. The van der Waals surface area contributed by atoms with Crippen LogP contribution in [0, 0.1) is 0 Å². The van der Waals surface area contributed by atoms with Crippen molar-refractivity contribution in [2.45, 2.75) is 13.8 Å². The van der Waals surface area contributed by atoms with Gasteiger partial charge in [-0.3, -0.25) is 0 Å². The largest absolute Gasteiger partial charge is 0.478 e. The number of aromatic carboxylic acids is 1. The SMILES string of the molecule is CCN(CC)CCNc1ncc(Br)cc1C(=O)O. The number of carboxylic acid groups (broad SMARTS) is 1. The van der Waals surface area contributed by atoms with Crippen LogP contribution in [0.25, 0.3) is 0 Å². The Balaban J connectivity index is 2.64. The molecule has 5 nitrogen and oxygen atoms in total. The van der Waals surface area contributed by atoms with Crippen molar-refractivity contribution in [2.75, 3.05) is 31.5 Å². The van der Waals surface area contributed by atoms with Gasteiger partial charge in [-0.1, -0.05) is 13.8 Å². The maximum Gasteiger partial charge on any atom is 0.339 e. The summed E-state index contributed by atoms with van der Waals surface area (Å²) in [5.41, 5.74) is 0.184. The molecule has 0 saturated carbocycles. The molecule has 2 N–H and O–H groups in total. The van der Waals surface area contributed by atoms with E-state index < -0.39 is 5.97 Å². The third kappa shape index (κ3) is 4.27. The summed E-state index contributed by atoms with van der Waals surface area (Å²) in [7, 11) is 0. The van der Waals surface area contributed by atoms with E-state index in [1.807, 2.05) is 0 Å². The number of halogens is 1. The fourth-order valence-electron chi connectivity index (χ4n) is 1.62. The van der Waals surface area contributed by atoms with E-state index in [4.69, 9.17) is 5.11 Å². The molecule has 0 aliphatic carbocycles. The average molecular weight is 316 g/mol. The van der Waals surface area contributed by atoms with Crippen molar-refractivity contribution in [3.8, 4) is 0 Å². The second-order valence-electron chi connectivity index (χ2n) is 3.81. The number of nitrogens with one attached hydrogen (secondary N) is 1. The highest BCUT2D eigenvalue weighted by atomic mass is 79.9. The predicted molar refractivity (Wildman–Crippen MR) is 75.2 cm³/mol. The quantitative estimate of drug-likeness (QED) is 0.808. The Morgan fingerprint density at radius 1 is 1.50 bits per heavy atom. The molecular formula is C12H18BrN3O2. The topological polar surface area (TPSA) is 65.5 Å². The molecule has 18 heavy (non-hydrogen) atoms. The summed E-state index contributed by atoms with van der Waals surface area (Å²) in [4.78, 5) is 17.4. The summed E-state index contributed by atoms with van der Waals surface area (Å²) >= 11 is 3.22. The van der Waals surface area contributed by atoms with Gasteiger partial charge in [-0.25, -0.2) is 9.78 Å². The Hall–Kier alpha value is -1.14. The van der Waals surface area contributed by atoms with Gasteiger partial charge < -0.3 is 15.3 Å². The van der Waals surface area contributed by atoms with E-state index in [1.165, 1.54) is 0 Å². The van der Waals surface area contributed by atoms with E-state index in [2.05, 4.69) is 45.0 Å². The van der Waals surface area contributed by atoms with Gasteiger partial charge in [0.2, 0.25) is 0 Å². The van der Waals surface area contributed by atoms with Gasteiger partial charge in [0, 0.05) is 23.8 Å². The third-order valence-corrected chi connectivity index (χ3v) is 3.13. The van der Waals surface area contributed by atoms with Crippen LogP contribution in [0.5, 0.6) is 0 Å². The summed E-state index contributed by atoms with van der Waals surface area (Å²) < 4.78 is 0.661. The fraction of sp³-hybridized carbons (Fsp3) is 0.500. The lowest BCUT2D eigenvalue weighted by atomic mass is 10.2. The van der Waals surface area contributed by atoms with Gasteiger partial charge in [0.25, 0.3) is 0 Å².